The van der Waals surface area contributed by atoms with Gasteiger partial charge in [0.2, 0.25) is 0 Å². The Morgan fingerprint density at radius 3 is 2.44 bits per heavy atom. The predicted molar refractivity (Wildman–Crippen MR) is 91.8 cm³/mol. The Morgan fingerprint density at radius 2 is 1.89 bits per heavy atom. The van der Waals surface area contributed by atoms with Crippen LogP contribution in [0.2, 0.25) is 0 Å². The number of halogens is 3. The highest BCUT2D eigenvalue weighted by molar-refractivity contribution is 5.95. The number of nitro groups is 1. The molecule has 0 radical (unpaired) electrons. The standard InChI is InChI=1S/C17H16F3N3O4/c1-22(10-15(24)17(18,19)20)16(25)11-7-8-13(14(9-11)23(26)27)21-12-5-3-2-4-6-12/h2-9,15,21,24H,10H2,1H3. The second-order valence-electron chi connectivity index (χ2n) is 5.72. The van der Waals surface area contributed by atoms with E-state index in [0.29, 0.717) is 10.6 Å². The Morgan fingerprint density at radius 1 is 1.26 bits per heavy atom. The number of rotatable bonds is 6. The van der Waals surface area contributed by atoms with E-state index in [-0.39, 0.29) is 11.3 Å². The van der Waals surface area contributed by atoms with E-state index in [4.69, 9.17) is 5.11 Å². The van der Waals surface area contributed by atoms with Crippen LogP contribution in [0.5, 0.6) is 0 Å². The molecular weight excluding hydrogens is 367 g/mol. The van der Waals surface area contributed by atoms with Gasteiger partial charge in [0.05, 0.1) is 11.5 Å². The molecule has 2 aromatic rings. The number of amides is 1. The lowest BCUT2D eigenvalue weighted by Gasteiger charge is -2.22. The number of benzene rings is 2. The third-order valence-electron chi connectivity index (χ3n) is 3.67. The largest absolute Gasteiger partial charge is 0.416 e. The smallest absolute Gasteiger partial charge is 0.382 e. The van der Waals surface area contributed by atoms with Gasteiger partial charge in [-0.2, -0.15) is 13.2 Å². The number of hydrogen-bond donors (Lipinski definition) is 2. The van der Waals surface area contributed by atoms with E-state index in [2.05, 4.69) is 5.32 Å². The molecule has 0 heterocycles. The number of alkyl halides is 3. The van der Waals surface area contributed by atoms with E-state index < -0.39 is 35.3 Å². The van der Waals surface area contributed by atoms with Gasteiger partial charge < -0.3 is 15.3 Å². The zero-order valence-electron chi connectivity index (χ0n) is 14.1. The molecule has 2 N–H and O–H groups in total. The number of hydrogen-bond acceptors (Lipinski definition) is 5. The van der Waals surface area contributed by atoms with Gasteiger partial charge in [0.1, 0.15) is 5.69 Å². The van der Waals surface area contributed by atoms with Crippen molar-refractivity contribution in [2.24, 2.45) is 0 Å². The molecule has 2 rings (SSSR count). The van der Waals surface area contributed by atoms with Gasteiger partial charge in [-0.25, -0.2) is 0 Å². The van der Waals surface area contributed by atoms with Gasteiger partial charge in [-0.15, -0.1) is 0 Å². The molecule has 0 spiro atoms. The van der Waals surface area contributed by atoms with Crippen LogP contribution in [-0.2, 0) is 0 Å². The van der Waals surface area contributed by atoms with Crippen LogP contribution >= 0.6 is 0 Å². The Labute approximate surface area is 152 Å². The van der Waals surface area contributed by atoms with Crippen molar-refractivity contribution in [3.8, 4) is 0 Å². The summed E-state index contributed by atoms with van der Waals surface area (Å²) in [6.45, 7) is -0.986. The van der Waals surface area contributed by atoms with E-state index in [0.717, 1.165) is 13.1 Å². The van der Waals surface area contributed by atoms with Crippen LogP contribution in [0.4, 0.5) is 30.2 Å². The Kier molecular flexibility index (Phi) is 6.01. The normalized spacial score (nSPS) is 12.3. The quantitative estimate of drug-likeness (QED) is 0.589. The average Bonchev–Trinajstić information content (AvgIpc) is 2.61. The van der Waals surface area contributed by atoms with Gasteiger partial charge >= 0.3 is 6.18 Å². The number of para-hydroxylation sites is 1. The van der Waals surface area contributed by atoms with Crippen LogP contribution in [0.25, 0.3) is 0 Å². The molecule has 1 unspecified atom stereocenters. The first-order valence-electron chi connectivity index (χ1n) is 7.70. The summed E-state index contributed by atoms with van der Waals surface area (Å²) in [4.78, 5) is 23.5. The molecule has 144 valence electrons. The molecule has 0 aliphatic carbocycles. The third kappa shape index (κ3) is 5.17. The first-order chi connectivity index (χ1) is 12.6. The monoisotopic (exact) mass is 383 g/mol. The van der Waals surface area contributed by atoms with Gasteiger partial charge in [-0.05, 0) is 24.3 Å². The van der Waals surface area contributed by atoms with Crippen molar-refractivity contribution in [1.29, 1.82) is 0 Å². The van der Waals surface area contributed by atoms with Gasteiger partial charge in [-0.3, -0.25) is 14.9 Å². The Bertz CT molecular complexity index is 828. The molecule has 7 nitrogen and oxygen atoms in total. The summed E-state index contributed by atoms with van der Waals surface area (Å²) in [5.41, 5.74) is 0.137. The number of aliphatic hydroxyl groups excluding tert-OH is 1. The minimum atomic E-state index is -4.87. The maximum atomic E-state index is 12.4. The van der Waals surface area contributed by atoms with Crippen molar-refractivity contribution in [3.05, 3.63) is 64.2 Å². The van der Waals surface area contributed by atoms with Gasteiger partial charge in [0.15, 0.2) is 6.10 Å². The molecular formula is C17H16F3N3O4. The molecule has 10 heteroatoms. The lowest BCUT2D eigenvalue weighted by Crippen LogP contribution is -2.41. The highest BCUT2D eigenvalue weighted by atomic mass is 19.4. The van der Waals surface area contributed by atoms with E-state index in [1.165, 1.54) is 12.1 Å². The first kappa shape index (κ1) is 20.2. The summed E-state index contributed by atoms with van der Waals surface area (Å²) in [5, 5.41) is 23.2. The second kappa shape index (κ2) is 8.04. The van der Waals surface area contributed by atoms with Crippen molar-refractivity contribution in [3.63, 3.8) is 0 Å². The number of anilines is 2. The SMILES string of the molecule is CN(CC(O)C(F)(F)F)C(=O)c1ccc(Nc2ccccc2)c([N+](=O)[O-])c1. The maximum absolute atomic E-state index is 12.4. The van der Waals surface area contributed by atoms with Crippen LogP contribution in [0.15, 0.2) is 48.5 Å². The molecule has 0 aliphatic heterocycles. The van der Waals surface area contributed by atoms with Crippen molar-refractivity contribution >= 4 is 23.0 Å². The summed E-state index contributed by atoms with van der Waals surface area (Å²) < 4.78 is 37.3. The summed E-state index contributed by atoms with van der Waals surface area (Å²) in [7, 11) is 1.07. The Balaban J connectivity index is 2.24. The predicted octanol–water partition coefficient (Wildman–Crippen LogP) is 3.33. The molecule has 0 aromatic heterocycles. The molecule has 0 bridgehead atoms. The molecule has 2 aromatic carbocycles. The Hall–Kier alpha value is -3.14. The number of nitrogens with zero attached hydrogens (tertiary/aromatic N) is 2. The second-order valence-corrected chi connectivity index (χ2v) is 5.72. The summed E-state index contributed by atoms with van der Waals surface area (Å²) in [5.74, 6) is -0.882. The van der Waals surface area contributed by atoms with E-state index in [1.807, 2.05) is 0 Å². The van der Waals surface area contributed by atoms with Crippen molar-refractivity contribution < 1.29 is 28.0 Å². The van der Waals surface area contributed by atoms with Crippen LogP contribution in [0.1, 0.15) is 10.4 Å². The maximum Gasteiger partial charge on any atom is 0.416 e. The lowest BCUT2D eigenvalue weighted by molar-refractivity contribution is -0.383. The zero-order chi connectivity index (χ0) is 20.2. The van der Waals surface area contributed by atoms with Gasteiger partial charge in [-0.1, -0.05) is 18.2 Å². The first-order valence-corrected chi connectivity index (χ1v) is 7.70. The number of aliphatic hydroxyl groups is 1. The zero-order valence-corrected chi connectivity index (χ0v) is 14.1. The molecule has 1 atom stereocenters. The fourth-order valence-electron chi connectivity index (χ4n) is 2.26. The molecule has 0 aliphatic rings. The fourth-order valence-corrected chi connectivity index (χ4v) is 2.26. The molecule has 0 fully saturated rings. The minimum absolute atomic E-state index is 0.126. The topological polar surface area (TPSA) is 95.7 Å². The van der Waals surface area contributed by atoms with Crippen LogP contribution in [0, 0.1) is 10.1 Å². The van der Waals surface area contributed by atoms with Gasteiger partial charge in [0, 0.05) is 24.4 Å². The molecule has 27 heavy (non-hydrogen) atoms. The fraction of sp³-hybridized carbons (Fsp3) is 0.235. The van der Waals surface area contributed by atoms with Crippen molar-refractivity contribution in [2.45, 2.75) is 12.3 Å². The highest BCUT2D eigenvalue weighted by Gasteiger charge is 2.39. The van der Waals surface area contributed by atoms with Crippen LogP contribution < -0.4 is 5.32 Å². The number of likely N-dealkylation sites (N-methyl/N-ethyl adjacent to an activating group) is 1. The summed E-state index contributed by atoms with van der Waals surface area (Å²) >= 11 is 0. The van der Waals surface area contributed by atoms with E-state index in [1.54, 1.807) is 30.3 Å². The summed E-state index contributed by atoms with van der Waals surface area (Å²) in [6, 6.07) is 12.1. The van der Waals surface area contributed by atoms with Crippen molar-refractivity contribution in [1.82, 2.24) is 4.90 Å². The number of nitro benzene ring substituents is 1. The summed E-state index contributed by atoms with van der Waals surface area (Å²) in [6.07, 6.45) is -7.58. The van der Waals surface area contributed by atoms with E-state index >= 15 is 0 Å². The number of carbonyl (C=O) groups excluding carboxylic acids is 1. The molecule has 0 saturated carbocycles. The number of carbonyl (C=O) groups is 1. The average molecular weight is 383 g/mol. The van der Waals surface area contributed by atoms with Gasteiger partial charge in [0.25, 0.3) is 11.6 Å². The molecule has 0 saturated heterocycles. The van der Waals surface area contributed by atoms with Crippen LogP contribution in [-0.4, -0.2) is 46.7 Å². The minimum Gasteiger partial charge on any atom is -0.382 e. The lowest BCUT2D eigenvalue weighted by atomic mass is 10.1. The number of nitrogens with one attached hydrogen (secondary N) is 1. The highest BCUT2D eigenvalue weighted by Crippen LogP contribution is 2.29. The van der Waals surface area contributed by atoms with Crippen LogP contribution in [0.3, 0.4) is 0 Å². The van der Waals surface area contributed by atoms with Crippen molar-refractivity contribution in [2.75, 3.05) is 18.9 Å². The molecule has 1 amide bonds. The van der Waals surface area contributed by atoms with E-state index in [9.17, 15) is 28.1 Å². The third-order valence-corrected chi connectivity index (χ3v) is 3.67.